The summed E-state index contributed by atoms with van der Waals surface area (Å²) in [6.07, 6.45) is 1.21. The first kappa shape index (κ1) is 14.6. The molecule has 1 N–H and O–H groups in total. The summed E-state index contributed by atoms with van der Waals surface area (Å²) in [6.45, 7) is 6.24. The van der Waals surface area contributed by atoms with E-state index < -0.39 is 12.0 Å². The fourth-order valence-electron chi connectivity index (χ4n) is 3.28. The van der Waals surface area contributed by atoms with Gasteiger partial charge < -0.3 is 14.4 Å². The minimum Gasteiger partial charge on any atom is -0.480 e. The summed E-state index contributed by atoms with van der Waals surface area (Å²) < 4.78 is 5.83. The molecule has 22 heavy (non-hydrogen) atoms. The third-order valence-corrected chi connectivity index (χ3v) is 4.48. The highest BCUT2D eigenvalue weighted by Crippen LogP contribution is 2.32. The van der Waals surface area contributed by atoms with Crippen molar-refractivity contribution in [2.45, 2.75) is 39.7 Å². The Morgan fingerprint density at radius 3 is 2.55 bits per heavy atom. The second-order valence-corrected chi connectivity index (χ2v) is 5.95. The summed E-state index contributed by atoms with van der Waals surface area (Å²) in [5.41, 5.74) is 3.53. The molecule has 116 valence electrons. The molecule has 0 aliphatic carbocycles. The molecule has 3 rings (SSSR count). The van der Waals surface area contributed by atoms with Crippen molar-refractivity contribution in [2.75, 3.05) is 6.54 Å². The van der Waals surface area contributed by atoms with Gasteiger partial charge in [0.25, 0.3) is 5.91 Å². The first-order valence-electron chi connectivity index (χ1n) is 7.45. The Balaban J connectivity index is 2.09. The van der Waals surface area contributed by atoms with Gasteiger partial charge in [0.15, 0.2) is 5.76 Å². The van der Waals surface area contributed by atoms with Crippen molar-refractivity contribution in [1.82, 2.24) is 4.90 Å². The molecule has 5 nitrogen and oxygen atoms in total. The smallest absolute Gasteiger partial charge is 0.326 e. The normalized spacial score (nSPS) is 18.1. The number of benzene rings is 1. The van der Waals surface area contributed by atoms with Crippen LogP contribution >= 0.6 is 0 Å². The molecule has 0 saturated carbocycles. The number of carbonyl (C=O) groups excluding carboxylic acids is 1. The molecular weight excluding hydrogens is 282 g/mol. The molecule has 2 heterocycles. The topological polar surface area (TPSA) is 70.8 Å². The number of aliphatic carboxylic acids is 1. The van der Waals surface area contributed by atoms with E-state index in [0.29, 0.717) is 25.0 Å². The number of carboxylic acid groups (broad SMARTS) is 1. The molecule has 0 radical (unpaired) electrons. The molecule has 1 saturated heterocycles. The summed E-state index contributed by atoms with van der Waals surface area (Å²) in [5.74, 6) is -1.01. The summed E-state index contributed by atoms with van der Waals surface area (Å²) in [5, 5.41) is 10.2. The number of hydrogen-bond donors (Lipinski definition) is 1. The van der Waals surface area contributed by atoms with Gasteiger partial charge in [-0.1, -0.05) is 12.1 Å². The Morgan fingerprint density at radius 1 is 1.23 bits per heavy atom. The predicted molar refractivity (Wildman–Crippen MR) is 82.1 cm³/mol. The zero-order valence-electron chi connectivity index (χ0n) is 13.0. The summed E-state index contributed by atoms with van der Waals surface area (Å²) in [6, 6.07) is 3.22. The van der Waals surface area contributed by atoms with Crippen LogP contribution in [-0.4, -0.2) is 34.5 Å². The van der Waals surface area contributed by atoms with Crippen LogP contribution in [0.15, 0.2) is 16.5 Å². The van der Waals surface area contributed by atoms with E-state index in [1.54, 1.807) is 0 Å². The lowest BCUT2D eigenvalue weighted by Gasteiger charge is -2.20. The van der Waals surface area contributed by atoms with Crippen LogP contribution < -0.4 is 0 Å². The van der Waals surface area contributed by atoms with E-state index in [1.807, 2.05) is 32.9 Å². The predicted octanol–water partition coefficient (Wildman–Crippen LogP) is 3.05. The fourth-order valence-corrected chi connectivity index (χ4v) is 3.28. The maximum absolute atomic E-state index is 12.7. The van der Waals surface area contributed by atoms with Gasteiger partial charge in [0.05, 0.1) is 0 Å². The lowest BCUT2D eigenvalue weighted by Crippen LogP contribution is -2.40. The van der Waals surface area contributed by atoms with Crippen LogP contribution in [0, 0.1) is 20.8 Å². The SMILES string of the molecule is Cc1ccc(C)c2c(C)c(C(=O)N3CCCC3C(=O)O)oc12. The highest BCUT2D eigenvalue weighted by molar-refractivity contribution is 6.01. The largest absolute Gasteiger partial charge is 0.480 e. The third kappa shape index (κ3) is 2.08. The maximum atomic E-state index is 12.7. The minimum absolute atomic E-state index is 0.264. The molecule has 1 aromatic carbocycles. The monoisotopic (exact) mass is 301 g/mol. The van der Waals surface area contributed by atoms with Gasteiger partial charge in [-0.2, -0.15) is 0 Å². The van der Waals surface area contributed by atoms with Crippen molar-refractivity contribution in [2.24, 2.45) is 0 Å². The molecule has 2 aromatic rings. The second kappa shape index (κ2) is 5.16. The maximum Gasteiger partial charge on any atom is 0.326 e. The Kier molecular flexibility index (Phi) is 3.43. The van der Waals surface area contributed by atoms with Gasteiger partial charge in [0.1, 0.15) is 11.6 Å². The van der Waals surface area contributed by atoms with Crippen LogP contribution in [0.5, 0.6) is 0 Å². The molecule has 1 aliphatic heterocycles. The van der Waals surface area contributed by atoms with E-state index in [0.717, 1.165) is 22.1 Å². The number of hydrogen-bond acceptors (Lipinski definition) is 3. The van der Waals surface area contributed by atoms with E-state index in [-0.39, 0.29) is 11.7 Å². The van der Waals surface area contributed by atoms with E-state index in [2.05, 4.69) is 0 Å². The summed E-state index contributed by atoms with van der Waals surface area (Å²) in [7, 11) is 0. The minimum atomic E-state index is -0.952. The molecule has 1 amide bonds. The van der Waals surface area contributed by atoms with Gasteiger partial charge in [-0.3, -0.25) is 4.79 Å². The Labute approximate surface area is 128 Å². The van der Waals surface area contributed by atoms with Gasteiger partial charge >= 0.3 is 5.97 Å². The van der Waals surface area contributed by atoms with Crippen LogP contribution in [-0.2, 0) is 4.79 Å². The number of aryl methyl sites for hydroxylation is 3. The van der Waals surface area contributed by atoms with Gasteiger partial charge in [0, 0.05) is 17.5 Å². The van der Waals surface area contributed by atoms with Crippen LogP contribution in [0.25, 0.3) is 11.0 Å². The first-order valence-corrected chi connectivity index (χ1v) is 7.45. The van der Waals surface area contributed by atoms with E-state index in [1.165, 1.54) is 4.90 Å². The second-order valence-electron chi connectivity index (χ2n) is 5.95. The number of carbonyl (C=O) groups is 2. The number of likely N-dealkylation sites (tertiary alicyclic amines) is 1. The van der Waals surface area contributed by atoms with Crippen molar-refractivity contribution in [1.29, 1.82) is 0 Å². The molecule has 1 unspecified atom stereocenters. The number of nitrogens with zero attached hydrogens (tertiary/aromatic N) is 1. The highest BCUT2D eigenvalue weighted by atomic mass is 16.4. The van der Waals surface area contributed by atoms with Gasteiger partial charge in [-0.25, -0.2) is 4.79 Å². The fraction of sp³-hybridized carbons (Fsp3) is 0.412. The summed E-state index contributed by atoms with van der Waals surface area (Å²) in [4.78, 5) is 25.4. The molecule has 0 spiro atoms. The molecule has 1 fully saturated rings. The Hall–Kier alpha value is -2.30. The lowest BCUT2D eigenvalue weighted by molar-refractivity contribution is -0.141. The van der Waals surface area contributed by atoms with E-state index in [4.69, 9.17) is 4.42 Å². The number of rotatable bonds is 2. The summed E-state index contributed by atoms with van der Waals surface area (Å²) >= 11 is 0. The molecule has 0 bridgehead atoms. The number of amides is 1. The van der Waals surface area contributed by atoms with Crippen LogP contribution in [0.3, 0.4) is 0 Å². The highest BCUT2D eigenvalue weighted by Gasteiger charge is 2.36. The van der Waals surface area contributed by atoms with Crippen molar-refractivity contribution in [3.8, 4) is 0 Å². The van der Waals surface area contributed by atoms with Crippen LogP contribution in [0.4, 0.5) is 0 Å². The van der Waals surface area contributed by atoms with Crippen molar-refractivity contribution >= 4 is 22.8 Å². The van der Waals surface area contributed by atoms with Crippen LogP contribution in [0.2, 0.25) is 0 Å². The third-order valence-electron chi connectivity index (χ3n) is 4.48. The molecule has 1 aliphatic rings. The van der Waals surface area contributed by atoms with Crippen molar-refractivity contribution in [3.63, 3.8) is 0 Å². The van der Waals surface area contributed by atoms with Crippen molar-refractivity contribution < 1.29 is 19.1 Å². The Morgan fingerprint density at radius 2 is 1.91 bits per heavy atom. The number of furan rings is 1. The van der Waals surface area contributed by atoms with E-state index in [9.17, 15) is 14.7 Å². The van der Waals surface area contributed by atoms with Gasteiger partial charge in [0.2, 0.25) is 0 Å². The first-order chi connectivity index (χ1) is 10.4. The van der Waals surface area contributed by atoms with Gasteiger partial charge in [-0.05, 0) is 44.7 Å². The Bertz CT molecular complexity index is 775. The molecular formula is C17H19NO4. The average molecular weight is 301 g/mol. The molecule has 1 atom stereocenters. The van der Waals surface area contributed by atoms with Gasteiger partial charge in [-0.15, -0.1) is 0 Å². The van der Waals surface area contributed by atoms with Crippen LogP contribution in [0.1, 0.15) is 40.1 Å². The average Bonchev–Trinajstić information content (AvgIpc) is 3.08. The molecule has 5 heteroatoms. The van der Waals surface area contributed by atoms with E-state index >= 15 is 0 Å². The number of carboxylic acids is 1. The molecule has 1 aromatic heterocycles. The zero-order valence-corrected chi connectivity index (χ0v) is 13.0. The zero-order chi connectivity index (χ0) is 16.0. The standard InChI is InChI=1S/C17H19NO4/c1-9-6-7-10(2)14-13(9)11(3)15(22-14)16(19)18-8-4-5-12(18)17(20)21/h6-7,12H,4-5,8H2,1-3H3,(H,20,21). The lowest BCUT2D eigenvalue weighted by atomic mass is 10.0. The number of fused-ring (bicyclic) bond motifs is 1. The van der Waals surface area contributed by atoms with Crippen molar-refractivity contribution in [3.05, 3.63) is 34.6 Å². The quantitative estimate of drug-likeness (QED) is 0.925.